The van der Waals surface area contributed by atoms with Gasteiger partial charge in [-0.1, -0.05) is 6.92 Å². The molecule has 1 saturated heterocycles. The van der Waals surface area contributed by atoms with E-state index in [9.17, 15) is 0 Å². The SMILES string of the molecule is CC1CSC(C)(C2(C)CC2)N1. The highest BCUT2D eigenvalue weighted by molar-refractivity contribution is 8.00. The van der Waals surface area contributed by atoms with Gasteiger partial charge in [-0.05, 0) is 32.1 Å². The first-order valence-electron chi connectivity index (χ1n) is 4.47. The fraction of sp³-hybridized carbons (Fsp3) is 1.00. The van der Waals surface area contributed by atoms with Crippen LogP contribution in [-0.4, -0.2) is 16.7 Å². The van der Waals surface area contributed by atoms with Gasteiger partial charge in [-0.15, -0.1) is 11.8 Å². The lowest BCUT2D eigenvalue weighted by molar-refractivity contribution is 0.337. The maximum Gasteiger partial charge on any atom is 0.0673 e. The van der Waals surface area contributed by atoms with Crippen LogP contribution in [-0.2, 0) is 0 Å². The van der Waals surface area contributed by atoms with Crippen LogP contribution in [0.4, 0.5) is 0 Å². The molecular formula is C9H17NS. The zero-order chi connectivity index (χ0) is 8.11. The molecule has 1 aliphatic carbocycles. The van der Waals surface area contributed by atoms with E-state index in [4.69, 9.17) is 0 Å². The second-order valence-corrected chi connectivity index (χ2v) is 5.89. The maximum absolute atomic E-state index is 3.70. The molecule has 2 rings (SSSR count). The molecule has 0 radical (unpaired) electrons. The van der Waals surface area contributed by atoms with E-state index in [2.05, 4.69) is 37.8 Å². The van der Waals surface area contributed by atoms with Gasteiger partial charge in [0.15, 0.2) is 0 Å². The monoisotopic (exact) mass is 171 g/mol. The van der Waals surface area contributed by atoms with Gasteiger partial charge < -0.3 is 0 Å². The van der Waals surface area contributed by atoms with Gasteiger partial charge >= 0.3 is 0 Å². The van der Waals surface area contributed by atoms with Gasteiger partial charge in [0.2, 0.25) is 0 Å². The Balaban J connectivity index is 2.11. The number of hydrogen-bond donors (Lipinski definition) is 1. The van der Waals surface area contributed by atoms with Crippen LogP contribution in [0.3, 0.4) is 0 Å². The molecule has 1 heterocycles. The first kappa shape index (κ1) is 7.93. The zero-order valence-corrected chi connectivity index (χ0v) is 8.42. The van der Waals surface area contributed by atoms with Crippen molar-refractivity contribution >= 4 is 11.8 Å². The van der Waals surface area contributed by atoms with Crippen LogP contribution in [0.2, 0.25) is 0 Å². The van der Waals surface area contributed by atoms with E-state index in [0.717, 1.165) is 0 Å². The highest BCUT2D eigenvalue weighted by Gasteiger charge is 2.55. The average molecular weight is 171 g/mol. The van der Waals surface area contributed by atoms with Gasteiger partial charge in [-0.3, -0.25) is 5.32 Å². The van der Waals surface area contributed by atoms with Crippen LogP contribution in [0.1, 0.15) is 33.6 Å². The van der Waals surface area contributed by atoms with Crippen LogP contribution < -0.4 is 5.32 Å². The Bertz CT molecular complexity index is 176. The van der Waals surface area contributed by atoms with Crippen molar-refractivity contribution < 1.29 is 0 Å². The molecular weight excluding hydrogens is 154 g/mol. The lowest BCUT2D eigenvalue weighted by atomic mass is 9.99. The molecule has 1 N–H and O–H groups in total. The van der Waals surface area contributed by atoms with E-state index in [0.29, 0.717) is 16.3 Å². The molecule has 0 spiro atoms. The van der Waals surface area contributed by atoms with E-state index in [1.165, 1.54) is 18.6 Å². The van der Waals surface area contributed by atoms with E-state index in [-0.39, 0.29) is 0 Å². The fourth-order valence-corrected chi connectivity index (χ4v) is 3.36. The molecule has 2 atom stereocenters. The van der Waals surface area contributed by atoms with Gasteiger partial charge in [-0.25, -0.2) is 0 Å². The molecule has 2 unspecified atom stereocenters. The topological polar surface area (TPSA) is 12.0 Å². The number of rotatable bonds is 1. The lowest BCUT2D eigenvalue weighted by Crippen LogP contribution is -2.44. The largest absolute Gasteiger partial charge is 0.299 e. The molecule has 2 fully saturated rings. The van der Waals surface area contributed by atoms with Gasteiger partial charge in [-0.2, -0.15) is 0 Å². The Morgan fingerprint density at radius 2 is 2.00 bits per heavy atom. The highest BCUT2D eigenvalue weighted by atomic mass is 32.2. The summed E-state index contributed by atoms with van der Waals surface area (Å²) < 4.78 is 0. The summed E-state index contributed by atoms with van der Waals surface area (Å²) in [6.07, 6.45) is 2.83. The van der Waals surface area contributed by atoms with Gasteiger partial charge in [0.1, 0.15) is 0 Å². The van der Waals surface area contributed by atoms with Gasteiger partial charge in [0.05, 0.1) is 4.87 Å². The Labute approximate surface area is 73.3 Å². The molecule has 1 saturated carbocycles. The van der Waals surface area contributed by atoms with Crippen LogP contribution in [0.25, 0.3) is 0 Å². The lowest BCUT2D eigenvalue weighted by Gasteiger charge is -2.31. The van der Waals surface area contributed by atoms with Crippen molar-refractivity contribution in [1.29, 1.82) is 0 Å². The van der Waals surface area contributed by atoms with Gasteiger partial charge in [0.25, 0.3) is 0 Å². The fourth-order valence-electron chi connectivity index (χ4n) is 1.86. The molecule has 2 aliphatic rings. The molecule has 0 aromatic carbocycles. The minimum absolute atomic E-state index is 0.381. The van der Waals surface area contributed by atoms with Crippen molar-refractivity contribution in [2.24, 2.45) is 5.41 Å². The van der Waals surface area contributed by atoms with Crippen LogP contribution in [0.15, 0.2) is 0 Å². The van der Waals surface area contributed by atoms with Crippen molar-refractivity contribution in [3.8, 4) is 0 Å². The molecule has 0 aromatic rings. The molecule has 1 aliphatic heterocycles. The third-order valence-electron chi connectivity index (χ3n) is 3.30. The maximum atomic E-state index is 3.70. The van der Waals surface area contributed by atoms with E-state index in [1.807, 2.05) is 0 Å². The summed E-state index contributed by atoms with van der Waals surface area (Å²) in [5.41, 5.74) is 0.600. The molecule has 0 bridgehead atoms. The molecule has 11 heavy (non-hydrogen) atoms. The Kier molecular flexibility index (Phi) is 1.56. The smallest absolute Gasteiger partial charge is 0.0673 e. The molecule has 0 aromatic heterocycles. The summed E-state index contributed by atoms with van der Waals surface area (Å²) in [6, 6.07) is 0.711. The number of thioether (sulfide) groups is 1. The second-order valence-electron chi connectivity index (χ2n) is 4.45. The van der Waals surface area contributed by atoms with Crippen molar-refractivity contribution in [1.82, 2.24) is 5.32 Å². The Morgan fingerprint density at radius 1 is 1.36 bits per heavy atom. The standard InChI is InChI=1S/C9H17NS/c1-7-6-11-9(3,10-7)8(2)4-5-8/h7,10H,4-6H2,1-3H3. The first-order chi connectivity index (χ1) is 5.06. The highest BCUT2D eigenvalue weighted by Crippen LogP contribution is 2.59. The zero-order valence-electron chi connectivity index (χ0n) is 7.61. The molecule has 64 valence electrons. The predicted octanol–water partition coefficient (Wildman–Crippen LogP) is 2.23. The van der Waals surface area contributed by atoms with E-state index < -0.39 is 0 Å². The summed E-state index contributed by atoms with van der Waals surface area (Å²) in [5, 5.41) is 3.70. The van der Waals surface area contributed by atoms with E-state index >= 15 is 0 Å². The normalized spacial score (nSPS) is 47.7. The van der Waals surface area contributed by atoms with Crippen molar-refractivity contribution in [2.75, 3.05) is 5.75 Å². The van der Waals surface area contributed by atoms with E-state index in [1.54, 1.807) is 0 Å². The minimum atomic E-state index is 0.381. The average Bonchev–Trinajstić information content (AvgIpc) is 2.57. The Hall–Kier alpha value is 0.310. The summed E-state index contributed by atoms with van der Waals surface area (Å²) in [7, 11) is 0. The number of nitrogens with one attached hydrogen (secondary N) is 1. The first-order valence-corrected chi connectivity index (χ1v) is 5.46. The van der Waals surface area contributed by atoms with Crippen LogP contribution in [0.5, 0.6) is 0 Å². The summed E-state index contributed by atoms with van der Waals surface area (Å²) in [5.74, 6) is 1.28. The molecule has 1 nitrogen and oxygen atoms in total. The third kappa shape index (κ3) is 1.11. The van der Waals surface area contributed by atoms with Crippen molar-refractivity contribution in [3.63, 3.8) is 0 Å². The van der Waals surface area contributed by atoms with Crippen molar-refractivity contribution in [2.45, 2.75) is 44.5 Å². The summed E-state index contributed by atoms with van der Waals surface area (Å²) >= 11 is 2.11. The Morgan fingerprint density at radius 3 is 2.36 bits per heavy atom. The third-order valence-corrected chi connectivity index (χ3v) is 5.15. The van der Waals surface area contributed by atoms with Crippen LogP contribution in [0, 0.1) is 5.41 Å². The van der Waals surface area contributed by atoms with Crippen molar-refractivity contribution in [3.05, 3.63) is 0 Å². The quantitative estimate of drug-likeness (QED) is 0.649. The molecule has 0 amide bonds. The molecule has 2 heteroatoms. The van der Waals surface area contributed by atoms with Gasteiger partial charge in [0, 0.05) is 11.8 Å². The minimum Gasteiger partial charge on any atom is -0.299 e. The second kappa shape index (κ2) is 2.17. The summed E-state index contributed by atoms with van der Waals surface area (Å²) in [4.78, 5) is 0.381. The van der Waals surface area contributed by atoms with Crippen LogP contribution >= 0.6 is 11.8 Å². The number of hydrogen-bond acceptors (Lipinski definition) is 2. The predicted molar refractivity (Wildman–Crippen MR) is 50.8 cm³/mol. The summed E-state index contributed by atoms with van der Waals surface area (Å²) in [6.45, 7) is 7.06.